The number of nitrogens with one attached hydrogen (secondary N) is 1. The molecule has 0 spiro atoms. The molecule has 0 radical (unpaired) electrons. The summed E-state index contributed by atoms with van der Waals surface area (Å²) in [6.45, 7) is 8.64. The van der Waals surface area contributed by atoms with Gasteiger partial charge in [0, 0.05) is 13.7 Å². The Hall–Kier alpha value is -0.610. The van der Waals surface area contributed by atoms with Crippen LogP contribution in [0.4, 0.5) is 0 Å². The normalized spacial score (nSPS) is 14.0. The van der Waals surface area contributed by atoms with Crippen LogP contribution in [0.15, 0.2) is 0 Å². The van der Waals surface area contributed by atoms with Crippen molar-refractivity contribution >= 4 is 5.91 Å². The fraction of sp³-hybridized carbons (Fsp3) is 0.938. The first-order chi connectivity index (χ1) is 9.63. The van der Waals surface area contributed by atoms with Crippen LogP contribution in [0.3, 0.4) is 0 Å². The fourth-order valence-corrected chi connectivity index (χ4v) is 2.10. The van der Waals surface area contributed by atoms with Gasteiger partial charge in [-0.15, -0.1) is 0 Å². The average molecular weight is 287 g/mol. The standard InChI is InChI=1S/C16H33NO3/c1-5-7-15(9-8-14(3)6-2)12-17-16(18)13-20-11-10-19-4/h14-15H,5-13H2,1-4H3,(H,17,18). The Balaban J connectivity index is 3.79. The molecule has 2 atom stereocenters. The lowest BCUT2D eigenvalue weighted by Crippen LogP contribution is -2.32. The number of carbonyl (C=O) groups excluding carboxylic acids is 1. The second-order valence-electron chi connectivity index (χ2n) is 5.59. The van der Waals surface area contributed by atoms with Crippen molar-refractivity contribution in [1.29, 1.82) is 0 Å². The van der Waals surface area contributed by atoms with Gasteiger partial charge in [0.15, 0.2) is 0 Å². The third-order valence-electron chi connectivity index (χ3n) is 3.71. The number of hydrogen-bond donors (Lipinski definition) is 1. The largest absolute Gasteiger partial charge is 0.382 e. The van der Waals surface area contributed by atoms with Crippen LogP contribution in [0, 0.1) is 11.8 Å². The molecule has 1 N–H and O–H groups in total. The number of methoxy groups -OCH3 is 1. The van der Waals surface area contributed by atoms with E-state index in [0.717, 1.165) is 12.5 Å². The number of hydrogen-bond acceptors (Lipinski definition) is 3. The Kier molecular flexibility index (Phi) is 13.0. The molecule has 0 aliphatic heterocycles. The Bertz CT molecular complexity index is 234. The van der Waals surface area contributed by atoms with Crippen molar-refractivity contribution in [2.45, 2.75) is 52.9 Å². The molecule has 0 aliphatic rings. The number of rotatable bonds is 13. The Morgan fingerprint density at radius 3 is 2.50 bits per heavy atom. The average Bonchev–Trinajstić information content (AvgIpc) is 2.46. The lowest BCUT2D eigenvalue weighted by molar-refractivity contribution is -0.126. The predicted octanol–water partition coefficient (Wildman–Crippen LogP) is 3.01. The zero-order valence-corrected chi connectivity index (χ0v) is 13.7. The van der Waals surface area contributed by atoms with E-state index in [9.17, 15) is 4.79 Å². The van der Waals surface area contributed by atoms with Crippen LogP contribution < -0.4 is 5.32 Å². The Labute approximate surface area is 124 Å². The third-order valence-corrected chi connectivity index (χ3v) is 3.71. The smallest absolute Gasteiger partial charge is 0.246 e. The number of ether oxygens (including phenoxy) is 2. The first-order valence-electron chi connectivity index (χ1n) is 7.97. The highest BCUT2D eigenvalue weighted by atomic mass is 16.5. The van der Waals surface area contributed by atoms with E-state index in [1.165, 1.54) is 32.1 Å². The van der Waals surface area contributed by atoms with Gasteiger partial charge in [0.1, 0.15) is 6.61 Å². The van der Waals surface area contributed by atoms with Gasteiger partial charge in [-0.05, 0) is 24.7 Å². The summed E-state index contributed by atoms with van der Waals surface area (Å²) in [6, 6.07) is 0. The highest BCUT2D eigenvalue weighted by molar-refractivity contribution is 5.77. The maximum Gasteiger partial charge on any atom is 0.246 e. The van der Waals surface area contributed by atoms with Gasteiger partial charge in [-0.3, -0.25) is 4.79 Å². The first-order valence-corrected chi connectivity index (χ1v) is 7.97. The van der Waals surface area contributed by atoms with E-state index in [0.29, 0.717) is 19.1 Å². The molecule has 0 aliphatic carbocycles. The molecule has 4 heteroatoms. The first kappa shape index (κ1) is 19.4. The monoisotopic (exact) mass is 287 g/mol. The summed E-state index contributed by atoms with van der Waals surface area (Å²) in [5.41, 5.74) is 0. The van der Waals surface area contributed by atoms with E-state index in [-0.39, 0.29) is 12.5 Å². The van der Waals surface area contributed by atoms with E-state index in [1.807, 2.05) is 0 Å². The SMILES string of the molecule is CCCC(CCC(C)CC)CNC(=O)COCCOC. The van der Waals surface area contributed by atoms with Crippen molar-refractivity contribution < 1.29 is 14.3 Å². The van der Waals surface area contributed by atoms with E-state index >= 15 is 0 Å². The summed E-state index contributed by atoms with van der Waals surface area (Å²) in [4.78, 5) is 11.6. The summed E-state index contributed by atoms with van der Waals surface area (Å²) in [5.74, 6) is 1.35. The Morgan fingerprint density at radius 1 is 1.15 bits per heavy atom. The fourth-order valence-electron chi connectivity index (χ4n) is 2.10. The van der Waals surface area contributed by atoms with Crippen molar-refractivity contribution in [2.75, 3.05) is 33.5 Å². The molecule has 1 amide bonds. The second kappa shape index (κ2) is 13.4. The summed E-state index contributed by atoms with van der Waals surface area (Å²) in [5, 5.41) is 2.98. The molecule has 0 bridgehead atoms. The maximum absolute atomic E-state index is 11.6. The molecule has 0 aromatic rings. The van der Waals surface area contributed by atoms with Gasteiger partial charge >= 0.3 is 0 Å². The molecule has 0 aromatic heterocycles. The molecule has 0 fully saturated rings. The van der Waals surface area contributed by atoms with Crippen LogP contribution in [0.25, 0.3) is 0 Å². The van der Waals surface area contributed by atoms with Crippen molar-refractivity contribution in [3.8, 4) is 0 Å². The zero-order chi connectivity index (χ0) is 15.2. The highest BCUT2D eigenvalue weighted by Gasteiger charge is 2.11. The van der Waals surface area contributed by atoms with E-state index in [2.05, 4.69) is 26.1 Å². The van der Waals surface area contributed by atoms with Crippen LogP contribution in [-0.2, 0) is 14.3 Å². The molecule has 4 nitrogen and oxygen atoms in total. The lowest BCUT2D eigenvalue weighted by Gasteiger charge is -2.18. The molecule has 0 aromatic carbocycles. The van der Waals surface area contributed by atoms with E-state index in [4.69, 9.17) is 9.47 Å². The zero-order valence-electron chi connectivity index (χ0n) is 13.7. The van der Waals surface area contributed by atoms with Crippen molar-refractivity contribution in [1.82, 2.24) is 5.32 Å². The molecular formula is C16H33NO3. The molecule has 0 rings (SSSR count). The summed E-state index contributed by atoms with van der Waals surface area (Å²) >= 11 is 0. The Morgan fingerprint density at radius 2 is 1.90 bits per heavy atom. The predicted molar refractivity (Wildman–Crippen MR) is 82.8 cm³/mol. The van der Waals surface area contributed by atoms with Crippen LogP contribution in [0.5, 0.6) is 0 Å². The van der Waals surface area contributed by atoms with E-state index < -0.39 is 0 Å². The minimum Gasteiger partial charge on any atom is -0.382 e. The van der Waals surface area contributed by atoms with Gasteiger partial charge in [0.2, 0.25) is 5.91 Å². The molecule has 0 saturated carbocycles. The number of amides is 1. The second-order valence-corrected chi connectivity index (χ2v) is 5.59. The third kappa shape index (κ3) is 11.2. The van der Waals surface area contributed by atoms with Crippen molar-refractivity contribution in [2.24, 2.45) is 11.8 Å². The van der Waals surface area contributed by atoms with Gasteiger partial charge in [-0.25, -0.2) is 0 Å². The topological polar surface area (TPSA) is 47.6 Å². The van der Waals surface area contributed by atoms with Crippen LogP contribution in [-0.4, -0.2) is 39.4 Å². The van der Waals surface area contributed by atoms with Gasteiger partial charge in [-0.1, -0.05) is 40.0 Å². The van der Waals surface area contributed by atoms with Crippen LogP contribution in [0.2, 0.25) is 0 Å². The molecule has 2 unspecified atom stereocenters. The van der Waals surface area contributed by atoms with Crippen LogP contribution in [0.1, 0.15) is 52.9 Å². The number of carbonyl (C=O) groups is 1. The van der Waals surface area contributed by atoms with Gasteiger partial charge in [-0.2, -0.15) is 0 Å². The van der Waals surface area contributed by atoms with Crippen LogP contribution >= 0.6 is 0 Å². The van der Waals surface area contributed by atoms with Gasteiger partial charge in [0.05, 0.1) is 13.2 Å². The maximum atomic E-state index is 11.6. The summed E-state index contributed by atoms with van der Waals surface area (Å²) < 4.78 is 10.1. The van der Waals surface area contributed by atoms with Gasteiger partial charge in [0.25, 0.3) is 0 Å². The summed E-state index contributed by atoms with van der Waals surface area (Å²) in [7, 11) is 1.62. The quantitative estimate of drug-likeness (QED) is 0.530. The molecular weight excluding hydrogens is 254 g/mol. The highest BCUT2D eigenvalue weighted by Crippen LogP contribution is 2.18. The minimum absolute atomic E-state index is 0.0225. The van der Waals surface area contributed by atoms with Crippen molar-refractivity contribution in [3.05, 3.63) is 0 Å². The molecule has 120 valence electrons. The van der Waals surface area contributed by atoms with Gasteiger partial charge < -0.3 is 14.8 Å². The molecule has 0 saturated heterocycles. The lowest BCUT2D eigenvalue weighted by atomic mass is 9.92. The molecule has 0 heterocycles. The molecule has 20 heavy (non-hydrogen) atoms. The summed E-state index contributed by atoms with van der Waals surface area (Å²) in [6.07, 6.45) is 6.04. The van der Waals surface area contributed by atoms with Crippen molar-refractivity contribution in [3.63, 3.8) is 0 Å². The minimum atomic E-state index is -0.0225. The van der Waals surface area contributed by atoms with E-state index in [1.54, 1.807) is 7.11 Å².